The van der Waals surface area contributed by atoms with Crippen molar-refractivity contribution in [2.24, 2.45) is 11.7 Å². The average Bonchev–Trinajstić information content (AvgIpc) is 2.32. The van der Waals surface area contributed by atoms with Gasteiger partial charge in [-0.05, 0) is 49.9 Å². The fraction of sp³-hybridized carbons (Fsp3) is 0.571. The first-order chi connectivity index (χ1) is 8.15. The standard InChI is InChI=1S/C14H21FN2/c1-11(16)13-3-2-8-17(10-13)9-12-4-6-14(15)7-5-12/h4-7,11,13H,2-3,8-10,16H2,1H3. The second-order valence-electron chi connectivity index (χ2n) is 5.12. The number of piperidine rings is 1. The number of likely N-dealkylation sites (tertiary alicyclic amines) is 1. The van der Waals surface area contributed by atoms with Crippen molar-refractivity contribution in [3.8, 4) is 0 Å². The van der Waals surface area contributed by atoms with E-state index in [-0.39, 0.29) is 11.9 Å². The van der Waals surface area contributed by atoms with E-state index in [0.717, 1.165) is 19.6 Å². The first kappa shape index (κ1) is 12.5. The van der Waals surface area contributed by atoms with Crippen LogP contribution in [0.15, 0.2) is 24.3 Å². The molecule has 2 atom stereocenters. The Kier molecular flexibility index (Phi) is 4.13. The Morgan fingerprint density at radius 3 is 2.76 bits per heavy atom. The van der Waals surface area contributed by atoms with Crippen LogP contribution in [0.3, 0.4) is 0 Å². The Morgan fingerprint density at radius 1 is 1.41 bits per heavy atom. The van der Waals surface area contributed by atoms with Crippen LogP contribution >= 0.6 is 0 Å². The molecule has 17 heavy (non-hydrogen) atoms. The number of benzene rings is 1. The zero-order valence-corrected chi connectivity index (χ0v) is 10.4. The van der Waals surface area contributed by atoms with Gasteiger partial charge in [-0.1, -0.05) is 12.1 Å². The third kappa shape index (κ3) is 3.51. The molecule has 1 aliphatic rings. The van der Waals surface area contributed by atoms with E-state index in [4.69, 9.17) is 5.73 Å². The van der Waals surface area contributed by atoms with Crippen molar-refractivity contribution in [2.45, 2.75) is 32.4 Å². The highest BCUT2D eigenvalue weighted by atomic mass is 19.1. The van der Waals surface area contributed by atoms with E-state index < -0.39 is 0 Å². The number of rotatable bonds is 3. The fourth-order valence-corrected chi connectivity index (χ4v) is 2.51. The van der Waals surface area contributed by atoms with Crippen LogP contribution in [0.2, 0.25) is 0 Å². The monoisotopic (exact) mass is 236 g/mol. The lowest BCUT2D eigenvalue weighted by atomic mass is 9.92. The van der Waals surface area contributed by atoms with Gasteiger partial charge in [-0.15, -0.1) is 0 Å². The Hall–Kier alpha value is -0.930. The molecule has 1 aromatic rings. The molecule has 0 spiro atoms. The van der Waals surface area contributed by atoms with Crippen molar-refractivity contribution < 1.29 is 4.39 Å². The largest absolute Gasteiger partial charge is 0.328 e. The number of nitrogens with zero attached hydrogens (tertiary/aromatic N) is 1. The lowest BCUT2D eigenvalue weighted by Crippen LogP contribution is -2.41. The van der Waals surface area contributed by atoms with Crippen LogP contribution in [-0.2, 0) is 6.54 Å². The van der Waals surface area contributed by atoms with Crippen LogP contribution in [0.1, 0.15) is 25.3 Å². The smallest absolute Gasteiger partial charge is 0.123 e. The Labute approximate surface area is 103 Å². The molecule has 0 saturated carbocycles. The number of halogens is 1. The summed E-state index contributed by atoms with van der Waals surface area (Å²) >= 11 is 0. The van der Waals surface area contributed by atoms with Crippen molar-refractivity contribution in [3.05, 3.63) is 35.6 Å². The summed E-state index contributed by atoms with van der Waals surface area (Å²) in [6.07, 6.45) is 2.45. The van der Waals surface area contributed by atoms with E-state index in [2.05, 4.69) is 11.8 Å². The molecule has 1 saturated heterocycles. The molecule has 0 radical (unpaired) electrons. The van der Waals surface area contributed by atoms with E-state index in [1.807, 2.05) is 12.1 Å². The molecule has 0 aromatic heterocycles. The van der Waals surface area contributed by atoms with E-state index in [9.17, 15) is 4.39 Å². The van der Waals surface area contributed by atoms with E-state index in [1.54, 1.807) is 0 Å². The van der Waals surface area contributed by atoms with Crippen molar-refractivity contribution in [1.82, 2.24) is 4.90 Å². The zero-order valence-electron chi connectivity index (χ0n) is 10.4. The van der Waals surface area contributed by atoms with Gasteiger partial charge >= 0.3 is 0 Å². The Morgan fingerprint density at radius 2 is 2.12 bits per heavy atom. The lowest BCUT2D eigenvalue weighted by molar-refractivity contribution is 0.154. The van der Waals surface area contributed by atoms with Crippen LogP contribution in [0.4, 0.5) is 4.39 Å². The third-order valence-corrected chi connectivity index (χ3v) is 3.60. The Balaban J connectivity index is 1.92. The van der Waals surface area contributed by atoms with Crippen molar-refractivity contribution in [2.75, 3.05) is 13.1 Å². The minimum Gasteiger partial charge on any atom is -0.328 e. The van der Waals surface area contributed by atoms with Gasteiger partial charge in [-0.2, -0.15) is 0 Å². The molecule has 1 aromatic carbocycles. The maximum absolute atomic E-state index is 12.8. The molecule has 0 aliphatic carbocycles. The first-order valence-corrected chi connectivity index (χ1v) is 6.37. The average molecular weight is 236 g/mol. The molecule has 0 amide bonds. The van der Waals surface area contributed by atoms with Crippen molar-refractivity contribution in [1.29, 1.82) is 0 Å². The molecule has 0 bridgehead atoms. The topological polar surface area (TPSA) is 29.3 Å². The van der Waals surface area contributed by atoms with Gasteiger partial charge in [0.25, 0.3) is 0 Å². The highest BCUT2D eigenvalue weighted by Crippen LogP contribution is 2.20. The molecule has 94 valence electrons. The highest BCUT2D eigenvalue weighted by molar-refractivity contribution is 5.15. The molecule has 1 fully saturated rings. The quantitative estimate of drug-likeness (QED) is 0.873. The van der Waals surface area contributed by atoms with Gasteiger partial charge in [0.1, 0.15) is 5.82 Å². The summed E-state index contributed by atoms with van der Waals surface area (Å²) in [4.78, 5) is 2.42. The second-order valence-corrected chi connectivity index (χ2v) is 5.12. The summed E-state index contributed by atoms with van der Waals surface area (Å²) in [5.74, 6) is 0.435. The van der Waals surface area contributed by atoms with Crippen LogP contribution in [0.5, 0.6) is 0 Å². The third-order valence-electron chi connectivity index (χ3n) is 3.60. The predicted molar refractivity (Wildman–Crippen MR) is 68.1 cm³/mol. The van der Waals surface area contributed by atoms with Gasteiger partial charge in [0.15, 0.2) is 0 Å². The minimum absolute atomic E-state index is 0.166. The summed E-state index contributed by atoms with van der Waals surface area (Å²) in [7, 11) is 0. The molecule has 2 unspecified atom stereocenters. The van der Waals surface area contributed by atoms with Gasteiger partial charge in [-0.3, -0.25) is 4.90 Å². The van der Waals surface area contributed by atoms with E-state index >= 15 is 0 Å². The lowest BCUT2D eigenvalue weighted by Gasteiger charge is -2.34. The first-order valence-electron chi connectivity index (χ1n) is 6.37. The van der Waals surface area contributed by atoms with Gasteiger partial charge in [0, 0.05) is 19.1 Å². The molecular formula is C14H21FN2. The van der Waals surface area contributed by atoms with Crippen LogP contribution in [-0.4, -0.2) is 24.0 Å². The van der Waals surface area contributed by atoms with Crippen LogP contribution < -0.4 is 5.73 Å². The summed E-state index contributed by atoms with van der Waals surface area (Å²) in [6.45, 7) is 5.19. The Bertz CT molecular complexity index is 348. The normalized spacial score (nSPS) is 23.6. The minimum atomic E-state index is -0.166. The maximum atomic E-state index is 12.8. The molecule has 2 nitrogen and oxygen atoms in total. The van der Waals surface area contributed by atoms with Crippen LogP contribution in [0.25, 0.3) is 0 Å². The number of hydrogen-bond donors (Lipinski definition) is 1. The summed E-state index contributed by atoms with van der Waals surface area (Å²) < 4.78 is 12.8. The van der Waals surface area contributed by atoms with Crippen molar-refractivity contribution >= 4 is 0 Å². The summed E-state index contributed by atoms with van der Waals surface area (Å²) in [5.41, 5.74) is 7.14. The molecular weight excluding hydrogens is 215 g/mol. The summed E-state index contributed by atoms with van der Waals surface area (Å²) in [5, 5.41) is 0. The molecule has 3 heteroatoms. The maximum Gasteiger partial charge on any atom is 0.123 e. The highest BCUT2D eigenvalue weighted by Gasteiger charge is 2.22. The predicted octanol–water partition coefficient (Wildman–Crippen LogP) is 2.38. The second kappa shape index (κ2) is 5.61. The summed E-state index contributed by atoms with van der Waals surface area (Å²) in [6, 6.07) is 7.06. The number of nitrogens with two attached hydrogens (primary N) is 1. The van der Waals surface area contributed by atoms with Gasteiger partial charge in [-0.25, -0.2) is 4.39 Å². The van der Waals surface area contributed by atoms with Crippen molar-refractivity contribution in [3.63, 3.8) is 0 Å². The molecule has 2 N–H and O–H groups in total. The zero-order chi connectivity index (χ0) is 12.3. The number of hydrogen-bond acceptors (Lipinski definition) is 2. The molecule has 1 aliphatic heterocycles. The van der Waals surface area contributed by atoms with Gasteiger partial charge < -0.3 is 5.73 Å². The molecule has 2 rings (SSSR count). The molecule has 1 heterocycles. The SMILES string of the molecule is CC(N)C1CCCN(Cc2ccc(F)cc2)C1. The van der Waals surface area contributed by atoms with E-state index in [1.165, 1.54) is 30.5 Å². The van der Waals surface area contributed by atoms with E-state index in [0.29, 0.717) is 5.92 Å². The van der Waals surface area contributed by atoms with Crippen LogP contribution in [0, 0.1) is 11.7 Å². The fourth-order valence-electron chi connectivity index (χ4n) is 2.51. The van der Waals surface area contributed by atoms with Gasteiger partial charge in [0.2, 0.25) is 0 Å². The van der Waals surface area contributed by atoms with Gasteiger partial charge in [0.05, 0.1) is 0 Å².